The maximum absolute atomic E-state index is 13.2. The molecule has 1 aliphatic heterocycles. The second-order valence-electron chi connectivity index (χ2n) is 7.99. The van der Waals surface area contributed by atoms with Crippen molar-refractivity contribution in [2.75, 3.05) is 31.1 Å². The summed E-state index contributed by atoms with van der Waals surface area (Å²) in [5, 5.41) is 0. The first kappa shape index (κ1) is 23.1. The molecule has 7 nitrogen and oxygen atoms in total. The molecule has 0 unspecified atom stereocenters. The summed E-state index contributed by atoms with van der Waals surface area (Å²) in [4.78, 5) is 11.1. The van der Waals surface area contributed by atoms with E-state index in [1.54, 1.807) is 6.07 Å². The largest absolute Gasteiger partial charge is 0.439 e. The number of nitrogens with zero attached hydrogens (tertiary/aromatic N) is 4. The smallest absolute Gasteiger partial charge is 0.243 e. The molecule has 0 bridgehead atoms. The van der Waals surface area contributed by atoms with E-state index in [0.29, 0.717) is 30.7 Å². The Hall–Kier alpha value is -3.11. The zero-order chi connectivity index (χ0) is 23.6. The van der Waals surface area contributed by atoms with Crippen molar-refractivity contribution in [2.24, 2.45) is 0 Å². The summed E-state index contributed by atoms with van der Waals surface area (Å²) in [5.74, 6) is 0.490. The van der Waals surface area contributed by atoms with E-state index in [-0.39, 0.29) is 29.7 Å². The lowest BCUT2D eigenvalue weighted by molar-refractivity contribution is 0.381. The van der Waals surface area contributed by atoms with Gasteiger partial charge in [-0.2, -0.15) is 9.29 Å². The first-order valence-corrected chi connectivity index (χ1v) is 12.0. The molecular formula is C23H24F2N4O3S. The molecule has 1 aliphatic rings. The van der Waals surface area contributed by atoms with Gasteiger partial charge in [-0.15, -0.1) is 0 Å². The Morgan fingerprint density at radius 1 is 0.879 bits per heavy atom. The van der Waals surface area contributed by atoms with Gasteiger partial charge in [0.15, 0.2) is 0 Å². The zero-order valence-corrected chi connectivity index (χ0v) is 19.1. The minimum Gasteiger partial charge on any atom is -0.439 e. The SMILES string of the molecule is CC(C)c1cc(Oc2ccc(F)cc2)nc(N2CCN(S(=O)(=O)c3ccc(F)cc3)CC2)n1. The van der Waals surface area contributed by atoms with Gasteiger partial charge in [0.1, 0.15) is 17.4 Å². The van der Waals surface area contributed by atoms with Crippen LogP contribution < -0.4 is 9.64 Å². The van der Waals surface area contributed by atoms with Gasteiger partial charge in [-0.25, -0.2) is 22.2 Å². The lowest BCUT2D eigenvalue weighted by Gasteiger charge is -2.34. The van der Waals surface area contributed by atoms with Crippen LogP contribution in [0, 0.1) is 11.6 Å². The fraction of sp³-hybridized carbons (Fsp3) is 0.304. The number of aromatic nitrogens is 2. The van der Waals surface area contributed by atoms with Crippen molar-refractivity contribution in [1.82, 2.24) is 14.3 Å². The molecule has 1 aromatic heterocycles. The van der Waals surface area contributed by atoms with Crippen molar-refractivity contribution in [3.63, 3.8) is 0 Å². The highest BCUT2D eigenvalue weighted by molar-refractivity contribution is 7.89. The lowest BCUT2D eigenvalue weighted by atomic mass is 10.1. The van der Waals surface area contributed by atoms with Gasteiger partial charge < -0.3 is 9.64 Å². The van der Waals surface area contributed by atoms with Crippen molar-refractivity contribution in [1.29, 1.82) is 0 Å². The monoisotopic (exact) mass is 474 g/mol. The summed E-state index contributed by atoms with van der Waals surface area (Å²) in [6, 6.07) is 12.2. The Balaban J connectivity index is 1.51. The third kappa shape index (κ3) is 5.28. The maximum atomic E-state index is 13.2. The molecule has 2 aromatic carbocycles. The van der Waals surface area contributed by atoms with E-state index in [1.807, 2.05) is 18.7 Å². The summed E-state index contributed by atoms with van der Waals surface area (Å²) in [6.07, 6.45) is 0. The van der Waals surface area contributed by atoms with E-state index < -0.39 is 15.8 Å². The highest BCUT2D eigenvalue weighted by Crippen LogP contribution is 2.27. The second-order valence-corrected chi connectivity index (χ2v) is 9.92. The van der Waals surface area contributed by atoms with Crippen molar-refractivity contribution in [3.8, 4) is 11.6 Å². The van der Waals surface area contributed by atoms with Crippen LogP contribution in [0.15, 0.2) is 59.5 Å². The minimum atomic E-state index is -3.71. The molecule has 3 aromatic rings. The number of anilines is 1. The summed E-state index contributed by atoms with van der Waals surface area (Å²) >= 11 is 0. The van der Waals surface area contributed by atoms with Crippen LogP contribution in [-0.4, -0.2) is 48.9 Å². The van der Waals surface area contributed by atoms with Gasteiger partial charge >= 0.3 is 0 Å². The number of ether oxygens (including phenoxy) is 1. The van der Waals surface area contributed by atoms with Crippen LogP contribution in [0.25, 0.3) is 0 Å². The zero-order valence-electron chi connectivity index (χ0n) is 18.3. The molecular weight excluding hydrogens is 450 g/mol. The number of benzene rings is 2. The van der Waals surface area contributed by atoms with Crippen molar-refractivity contribution in [3.05, 3.63) is 71.9 Å². The predicted molar refractivity (Wildman–Crippen MR) is 120 cm³/mol. The number of halogens is 2. The van der Waals surface area contributed by atoms with Crippen LogP contribution in [0.4, 0.5) is 14.7 Å². The normalized spacial score (nSPS) is 15.1. The molecule has 0 aliphatic carbocycles. The number of hydrogen-bond donors (Lipinski definition) is 0. The van der Waals surface area contributed by atoms with Crippen molar-refractivity contribution >= 4 is 16.0 Å². The van der Waals surface area contributed by atoms with Crippen LogP contribution in [-0.2, 0) is 10.0 Å². The van der Waals surface area contributed by atoms with Crippen LogP contribution in [0.5, 0.6) is 11.6 Å². The highest BCUT2D eigenvalue weighted by atomic mass is 32.2. The molecule has 0 N–H and O–H groups in total. The second kappa shape index (κ2) is 9.40. The van der Waals surface area contributed by atoms with Gasteiger partial charge in [0.05, 0.1) is 10.6 Å². The van der Waals surface area contributed by atoms with E-state index in [1.165, 1.54) is 40.7 Å². The average Bonchev–Trinajstić information content (AvgIpc) is 2.81. The van der Waals surface area contributed by atoms with E-state index in [0.717, 1.165) is 17.8 Å². The molecule has 4 rings (SSSR count). The van der Waals surface area contributed by atoms with Gasteiger partial charge in [0.25, 0.3) is 0 Å². The standard InChI is InChI=1S/C23H24F2N4O3S/c1-16(2)21-15-22(32-19-7-3-17(24)4-8-19)27-23(26-21)28-11-13-29(14-12-28)33(30,31)20-9-5-18(25)6-10-20/h3-10,15-16H,11-14H2,1-2H3. The van der Waals surface area contributed by atoms with E-state index in [9.17, 15) is 17.2 Å². The number of sulfonamides is 1. The van der Waals surface area contributed by atoms with Gasteiger partial charge in [-0.3, -0.25) is 0 Å². The van der Waals surface area contributed by atoms with Gasteiger partial charge in [-0.05, 0) is 54.4 Å². The summed E-state index contributed by atoms with van der Waals surface area (Å²) in [7, 11) is -3.71. The topological polar surface area (TPSA) is 75.6 Å². The molecule has 0 atom stereocenters. The molecule has 2 heterocycles. The fourth-order valence-electron chi connectivity index (χ4n) is 3.43. The predicted octanol–water partition coefficient (Wildman–Crippen LogP) is 4.18. The summed E-state index contributed by atoms with van der Waals surface area (Å²) in [6.45, 7) is 5.25. The quantitative estimate of drug-likeness (QED) is 0.534. The molecule has 1 saturated heterocycles. The first-order valence-electron chi connectivity index (χ1n) is 10.6. The Morgan fingerprint density at radius 3 is 2.03 bits per heavy atom. The van der Waals surface area contributed by atoms with Crippen LogP contribution in [0.3, 0.4) is 0 Å². The fourth-order valence-corrected chi connectivity index (χ4v) is 4.85. The molecule has 0 radical (unpaired) electrons. The van der Waals surface area contributed by atoms with Crippen molar-refractivity contribution in [2.45, 2.75) is 24.7 Å². The van der Waals surface area contributed by atoms with Crippen LogP contribution in [0.1, 0.15) is 25.5 Å². The molecule has 0 amide bonds. The average molecular weight is 475 g/mol. The Kier molecular flexibility index (Phi) is 6.57. The van der Waals surface area contributed by atoms with Crippen LogP contribution >= 0.6 is 0 Å². The first-order chi connectivity index (χ1) is 15.7. The van der Waals surface area contributed by atoms with E-state index in [4.69, 9.17) is 4.74 Å². The van der Waals surface area contributed by atoms with E-state index in [2.05, 4.69) is 9.97 Å². The Bertz CT molecular complexity index is 1210. The maximum Gasteiger partial charge on any atom is 0.243 e. The molecule has 10 heteroatoms. The third-order valence-electron chi connectivity index (χ3n) is 5.31. The molecule has 1 fully saturated rings. The minimum absolute atomic E-state index is 0.0605. The van der Waals surface area contributed by atoms with Gasteiger partial charge in [-0.1, -0.05) is 13.8 Å². The Labute approximate surface area is 191 Å². The molecule has 33 heavy (non-hydrogen) atoms. The number of piperazine rings is 1. The Morgan fingerprint density at radius 2 is 1.45 bits per heavy atom. The lowest BCUT2D eigenvalue weighted by Crippen LogP contribution is -2.49. The summed E-state index contributed by atoms with van der Waals surface area (Å²) < 4.78 is 59.3. The van der Waals surface area contributed by atoms with E-state index >= 15 is 0 Å². The van der Waals surface area contributed by atoms with Gasteiger partial charge in [0.2, 0.25) is 21.9 Å². The summed E-state index contributed by atoms with van der Waals surface area (Å²) in [5.41, 5.74) is 0.776. The number of hydrogen-bond acceptors (Lipinski definition) is 6. The van der Waals surface area contributed by atoms with Crippen molar-refractivity contribution < 1.29 is 21.9 Å². The molecule has 0 spiro atoms. The van der Waals surface area contributed by atoms with Crippen LogP contribution in [0.2, 0.25) is 0 Å². The third-order valence-corrected chi connectivity index (χ3v) is 7.22. The number of rotatable bonds is 6. The highest BCUT2D eigenvalue weighted by Gasteiger charge is 2.29. The molecule has 174 valence electrons. The van der Waals surface area contributed by atoms with Gasteiger partial charge in [0, 0.05) is 32.2 Å². The molecule has 0 saturated carbocycles.